The number of nitrogens with zero attached hydrogens (tertiary/aromatic N) is 2. The van der Waals surface area contributed by atoms with Crippen molar-refractivity contribution in [2.24, 2.45) is 0 Å². The molecule has 134 valence electrons. The van der Waals surface area contributed by atoms with Gasteiger partial charge in [0.25, 0.3) is 0 Å². The molecule has 0 saturated carbocycles. The Balaban J connectivity index is 1.76. The maximum Gasteiger partial charge on any atom is 0.245 e. The highest BCUT2D eigenvalue weighted by Crippen LogP contribution is 2.19. The number of hydrogen-bond donors (Lipinski definition) is 2. The van der Waals surface area contributed by atoms with E-state index in [1.807, 2.05) is 38.1 Å². The summed E-state index contributed by atoms with van der Waals surface area (Å²) in [6.07, 6.45) is 0. The van der Waals surface area contributed by atoms with E-state index in [0.717, 1.165) is 44.2 Å². The Bertz CT molecular complexity index is 522. The number of carbonyl (C=O) groups excluding carboxylic acids is 1. The van der Waals surface area contributed by atoms with Crippen molar-refractivity contribution in [1.82, 2.24) is 15.1 Å². The highest BCUT2D eigenvalue weighted by Gasteiger charge is 2.27. The van der Waals surface area contributed by atoms with Crippen molar-refractivity contribution in [3.05, 3.63) is 24.3 Å². The van der Waals surface area contributed by atoms with Gasteiger partial charge < -0.3 is 20.3 Å². The molecule has 1 amide bonds. The van der Waals surface area contributed by atoms with E-state index in [1.165, 1.54) is 0 Å². The summed E-state index contributed by atoms with van der Waals surface area (Å²) in [5, 5.41) is 6.32. The van der Waals surface area contributed by atoms with Gasteiger partial charge in [0.2, 0.25) is 5.91 Å². The number of ether oxygens (including phenoxy) is 1. The number of benzene rings is 1. The summed E-state index contributed by atoms with van der Waals surface area (Å²) in [5.41, 5.74) is 0.228. The van der Waals surface area contributed by atoms with Gasteiger partial charge in [-0.05, 0) is 45.2 Å². The van der Waals surface area contributed by atoms with Crippen LogP contribution in [0.4, 0.5) is 5.69 Å². The minimum absolute atomic E-state index is 0.00689. The monoisotopic (exact) mass is 334 g/mol. The predicted octanol–water partition coefficient (Wildman–Crippen LogP) is 1.25. The highest BCUT2D eigenvalue weighted by atomic mass is 16.5. The summed E-state index contributed by atoms with van der Waals surface area (Å²) in [5.74, 6) is 0.808. The van der Waals surface area contributed by atoms with Gasteiger partial charge in [-0.2, -0.15) is 0 Å². The number of hydrogen-bond acceptors (Lipinski definition) is 5. The molecule has 1 aliphatic rings. The zero-order valence-corrected chi connectivity index (χ0v) is 15.3. The molecule has 2 rings (SSSR count). The lowest BCUT2D eigenvalue weighted by molar-refractivity contribution is -0.124. The molecule has 2 N–H and O–H groups in total. The number of amides is 1. The van der Waals surface area contributed by atoms with Crippen molar-refractivity contribution in [2.75, 3.05) is 58.7 Å². The smallest absolute Gasteiger partial charge is 0.245 e. The molecule has 24 heavy (non-hydrogen) atoms. The molecule has 1 aromatic carbocycles. The van der Waals surface area contributed by atoms with E-state index in [9.17, 15) is 4.79 Å². The van der Waals surface area contributed by atoms with Crippen LogP contribution < -0.4 is 15.4 Å². The topological polar surface area (TPSA) is 56.8 Å². The number of likely N-dealkylation sites (N-methyl/N-ethyl adjacent to an activating group) is 1. The minimum Gasteiger partial charge on any atom is -0.497 e. The molecule has 0 aromatic heterocycles. The second-order valence-electron chi connectivity index (χ2n) is 6.88. The summed E-state index contributed by atoms with van der Waals surface area (Å²) >= 11 is 0. The fourth-order valence-corrected chi connectivity index (χ4v) is 2.71. The molecule has 1 heterocycles. The molecule has 0 aliphatic carbocycles. The molecule has 0 unspecified atom stereocenters. The van der Waals surface area contributed by atoms with Gasteiger partial charge in [0, 0.05) is 45.0 Å². The summed E-state index contributed by atoms with van der Waals surface area (Å²) in [6, 6.07) is 7.59. The first kappa shape index (κ1) is 18.5. The molecule has 0 atom stereocenters. The molecule has 0 radical (unpaired) electrons. The van der Waals surface area contributed by atoms with Crippen molar-refractivity contribution in [3.63, 3.8) is 0 Å². The zero-order valence-electron chi connectivity index (χ0n) is 15.3. The molecule has 1 aromatic rings. The first-order chi connectivity index (χ1) is 11.4. The molecule has 1 saturated heterocycles. The zero-order chi connectivity index (χ0) is 17.6. The third-order valence-electron chi connectivity index (χ3n) is 4.42. The number of rotatable bonds is 7. The van der Waals surface area contributed by atoms with Crippen LogP contribution in [0.3, 0.4) is 0 Å². The summed E-state index contributed by atoms with van der Waals surface area (Å²) < 4.78 is 5.15. The number of methoxy groups -OCH3 is 1. The van der Waals surface area contributed by atoms with Gasteiger partial charge in [0.15, 0.2) is 0 Å². The van der Waals surface area contributed by atoms with Crippen LogP contribution in [0.1, 0.15) is 13.8 Å². The Labute approximate surface area is 145 Å². The fourth-order valence-electron chi connectivity index (χ4n) is 2.71. The van der Waals surface area contributed by atoms with Crippen LogP contribution in [0.2, 0.25) is 0 Å². The molecule has 6 nitrogen and oxygen atoms in total. The number of anilines is 1. The molecular weight excluding hydrogens is 304 g/mol. The van der Waals surface area contributed by atoms with Crippen LogP contribution in [0.25, 0.3) is 0 Å². The standard InChI is InChI=1S/C18H30N4O2/c1-18(2,20-15-5-7-16(24-4)8-6-15)17(23)19-9-10-22-13-11-21(3)12-14-22/h5-8,20H,9-14H2,1-4H3,(H,19,23). The van der Waals surface area contributed by atoms with Crippen molar-refractivity contribution in [2.45, 2.75) is 19.4 Å². The Morgan fingerprint density at radius 3 is 2.38 bits per heavy atom. The summed E-state index contributed by atoms with van der Waals surface area (Å²) in [4.78, 5) is 17.2. The second-order valence-corrected chi connectivity index (χ2v) is 6.88. The first-order valence-electron chi connectivity index (χ1n) is 8.52. The molecule has 1 aliphatic heterocycles. The first-order valence-corrected chi connectivity index (χ1v) is 8.52. The van der Waals surface area contributed by atoms with Crippen molar-refractivity contribution in [3.8, 4) is 5.75 Å². The largest absolute Gasteiger partial charge is 0.497 e. The Morgan fingerprint density at radius 1 is 1.17 bits per heavy atom. The van der Waals surface area contributed by atoms with Gasteiger partial charge in [-0.3, -0.25) is 9.69 Å². The Kier molecular flexibility index (Phi) is 6.45. The minimum atomic E-state index is -0.670. The highest BCUT2D eigenvalue weighted by molar-refractivity contribution is 5.88. The maximum absolute atomic E-state index is 12.5. The fraction of sp³-hybridized carbons (Fsp3) is 0.611. The van der Waals surface area contributed by atoms with Crippen LogP contribution in [-0.4, -0.2) is 74.7 Å². The third kappa shape index (κ3) is 5.39. The number of carbonyl (C=O) groups is 1. The van der Waals surface area contributed by atoms with Gasteiger partial charge in [0.1, 0.15) is 11.3 Å². The van der Waals surface area contributed by atoms with E-state index in [0.29, 0.717) is 6.54 Å². The van der Waals surface area contributed by atoms with Gasteiger partial charge >= 0.3 is 0 Å². The second kappa shape index (κ2) is 8.35. The van der Waals surface area contributed by atoms with E-state index >= 15 is 0 Å². The average molecular weight is 334 g/mol. The number of nitrogens with one attached hydrogen (secondary N) is 2. The molecular formula is C18H30N4O2. The SMILES string of the molecule is COc1ccc(NC(C)(C)C(=O)NCCN2CCN(C)CC2)cc1. The lowest BCUT2D eigenvalue weighted by Gasteiger charge is -2.33. The van der Waals surface area contributed by atoms with E-state index in [1.54, 1.807) is 7.11 Å². The van der Waals surface area contributed by atoms with Crippen LogP contribution in [-0.2, 0) is 4.79 Å². The van der Waals surface area contributed by atoms with E-state index in [4.69, 9.17) is 4.74 Å². The molecule has 0 spiro atoms. The lowest BCUT2D eigenvalue weighted by Crippen LogP contribution is -2.51. The number of piperazine rings is 1. The Morgan fingerprint density at radius 2 is 1.79 bits per heavy atom. The summed E-state index contributed by atoms with van der Waals surface area (Å²) in [7, 11) is 3.78. The van der Waals surface area contributed by atoms with Crippen molar-refractivity contribution >= 4 is 11.6 Å². The van der Waals surface area contributed by atoms with Gasteiger partial charge in [-0.1, -0.05) is 0 Å². The maximum atomic E-state index is 12.5. The predicted molar refractivity (Wildman–Crippen MR) is 97.6 cm³/mol. The molecule has 0 bridgehead atoms. The van der Waals surface area contributed by atoms with Crippen molar-refractivity contribution in [1.29, 1.82) is 0 Å². The van der Waals surface area contributed by atoms with E-state index in [2.05, 4.69) is 27.5 Å². The van der Waals surface area contributed by atoms with Gasteiger partial charge in [-0.15, -0.1) is 0 Å². The van der Waals surface area contributed by atoms with Crippen molar-refractivity contribution < 1.29 is 9.53 Å². The Hall–Kier alpha value is -1.79. The average Bonchev–Trinajstić information content (AvgIpc) is 2.57. The van der Waals surface area contributed by atoms with Gasteiger partial charge in [0.05, 0.1) is 7.11 Å². The van der Waals surface area contributed by atoms with E-state index in [-0.39, 0.29) is 5.91 Å². The van der Waals surface area contributed by atoms with E-state index < -0.39 is 5.54 Å². The molecule has 6 heteroatoms. The van der Waals surface area contributed by atoms with Gasteiger partial charge in [-0.25, -0.2) is 0 Å². The van der Waals surface area contributed by atoms with Crippen LogP contribution in [0.15, 0.2) is 24.3 Å². The van der Waals surface area contributed by atoms with Crippen LogP contribution >= 0.6 is 0 Å². The lowest BCUT2D eigenvalue weighted by atomic mass is 10.0. The van der Waals surface area contributed by atoms with Crippen LogP contribution in [0, 0.1) is 0 Å². The normalized spacial score (nSPS) is 16.7. The molecule has 1 fully saturated rings. The third-order valence-corrected chi connectivity index (χ3v) is 4.42. The summed E-state index contributed by atoms with van der Waals surface area (Å²) in [6.45, 7) is 9.69. The van der Waals surface area contributed by atoms with Crippen LogP contribution in [0.5, 0.6) is 5.75 Å². The quantitative estimate of drug-likeness (QED) is 0.786.